The normalized spacial score (nSPS) is 14.1. The van der Waals surface area contributed by atoms with Gasteiger partial charge in [-0.25, -0.2) is 9.59 Å². The summed E-state index contributed by atoms with van der Waals surface area (Å²) in [6.07, 6.45) is 2.46. The van der Waals surface area contributed by atoms with E-state index in [1.54, 1.807) is 47.6 Å². The predicted octanol–water partition coefficient (Wildman–Crippen LogP) is 3.43. The lowest BCUT2D eigenvalue weighted by Gasteiger charge is -2.24. The van der Waals surface area contributed by atoms with Crippen molar-refractivity contribution in [3.63, 3.8) is 0 Å². The van der Waals surface area contributed by atoms with Crippen molar-refractivity contribution in [2.75, 3.05) is 0 Å². The summed E-state index contributed by atoms with van der Waals surface area (Å²) in [5.41, 5.74) is -1.09. The molecule has 5 heteroatoms. The quantitative estimate of drug-likeness (QED) is 0.638. The maximum Gasteiger partial charge on any atom is 0.408 e. The number of carbonyl (C=O) groups is 2. The average molecular weight is 299 g/mol. The smallest absolute Gasteiger partial charge is 0.408 e. The van der Waals surface area contributed by atoms with Crippen LogP contribution in [0.2, 0.25) is 0 Å². The highest BCUT2D eigenvalue weighted by Gasteiger charge is 2.20. The first-order valence-corrected chi connectivity index (χ1v) is 7.21. The minimum absolute atomic E-state index is 0.121. The van der Waals surface area contributed by atoms with Crippen molar-refractivity contribution in [1.82, 2.24) is 5.32 Å². The SMILES string of the molecule is CC(C)C(/C=C\C(=O)OC(C)(C)C)NC(=O)OC(C)(C)C. The topological polar surface area (TPSA) is 64.6 Å². The fourth-order valence-electron chi connectivity index (χ4n) is 1.40. The molecule has 0 bridgehead atoms. The van der Waals surface area contributed by atoms with Crippen LogP contribution in [-0.2, 0) is 14.3 Å². The van der Waals surface area contributed by atoms with Crippen molar-refractivity contribution in [2.45, 2.75) is 72.6 Å². The summed E-state index contributed by atoms with van der Waals surface area (Å²) in [6, 6.07) is -0.299. The van der Waals surface area contributed by atoms with E-state index in [0.29, 0.717) is 0 Å². The summed E-state index contributed by atoms with van der Waals surface area (Å²) in [6.45, 7) is 14.7. The number of alkyl carbamates (subject to hydrolysis) is 1. The van der Waals surface area contributed by atoms with Gasteiger partial charge in [0.1, 0.15) is 11.2 Å². The van der Waals surface area contributed by atoms with Crippen LogP contribution in [0.4, 0.5) is 4.79 Å². The molecule has 5 nitrogen and oxygen atoms in total. The fourth-order valence-corrected chi connectivity index (χ4v) is 1.40. The van der Waals surface area contributed by atoms with Crippen molar-refractivity contribution in [3.05, 3.63) is 12.2 Å². The van der Waals surface area contributed by atoms with Gasteiger partial charge in [0.05, 0.1) is 6.04 Å². The second-order valence-electron chi connectivity index (χ2n) is 7.31. The van der Waals surface area contributed by atoms with E-state index in [0.717, 1.165) is 0 Å². The number of amides is 1. The van der Waals surface area contributed by atoms with Crippen LogP contribution in [0.1, 0.15) is 55.4 Å². The van der Waals surface area contributed by atoms with Crippen LogP contribution in [-0.4, -0.2) is 29.3 Å². The highest BCUT2D eigenvalue weighted by molar-refractivity contribution is 5.82. The fraction of sp³-hybridized carbons (Fsp3) is 0.750. The van der Waals surface area contributed by atoms with Gasteiger partial charge in [0, 0.05) is 6.08 Å². The number of ether oxygens (including phenoxy) is 2. The first-order chi connectivity index (χ1) is 9.30. The van der Waals surface area contributed by atoms with E-state index in [-0.39, 0.29) is 12.0 Å². The van der Waals surface area contributed by atoms with Crippen LogP contribution in [0.15, 0.2) is 12.2 Å². The maximum atomic E-state index is 11.8. The van der Waals surface area contributed by atoms with Gasteiger partial charge in [0.2, 0.25) is 0 Å². The lowest BCUT2D eigenvalue weighted by Crippen LogP contribution is -2.40. The standard InChI is InChI=1S/C16H29NO4/c1-11(2)12(17-14(19)21-16(6,7)8)9-10-13(18)20-15(3,4)5/h9-12H,1-8H3,(H,17,19)/b10-9-. The molecule has 0 saturated carbocycles. The second-order valence-corrected chi connectivity index (χ2v) is 7.31. The molecule has 0 saturated heterocycles. The van der Waals surface area contributed by atoms with Crippen molar-refractivity contribution in [2.24, 2.45) is 5.92 Å². The highest BCUT2D eigenvalue weighted by Crippen LogP contribution is 2.11. The van der Waals surface area contributed by atoms with Crippen LogP contribution >= 0.6 is 0 Å². The lowest BCUT2D eigenvalue weighted by molar-refractivity contribution is -0.148. The monoisotopic (exact) mass is 299 g/mol. The average Bonchev–Trinajstić information content (AvgIpc) is 2.18. The molecule has 0 aromatic carbocycles. The van der Waals surface area contributed by atoms with Gasteiger partial charge in [-0.05, 0) is 47.5 Å². The minimum Gasteiger partial charge on any atom is -0.457 e. The maximum absolute atomic E-state index is 11.8. The van der Waals surface area contributed by atoms with Crippen molar-refractivity contribution < 1.29 is 19.1 Å². The molecule has 0 rings (SSSR count). The van der Waals surface area contributed by atoms with Gasteiger partial charge in [0.15, 0.2) is 0 Å². The van der Waals surface area contributed by atoms with Gasteiger partial charge >= 0.3 is 12.1 Å². The molecule has 0 aliphatic carbocycles. The largest absolute Gasteiger partial charge is 0.457 e. The summed E-state index contributed by atoms with van der Waals surface area (Å²) in [7, 11) is 0. The number of esters is 1. The third-order valence-electron chi connectivity index (χ3n) is 2.25. The van der Waals surface area contributed by atoms with Crippen LogP contribution < -0.4 is 5.32 Å². The molecule has 0 aromatic rings. The zero-order valence-electron chi connectivity index (χ0n) is 14.4. The second kappa shape index (κ2) is 7.48. The molecule has 122 valence electrons. The van der Waals surface area contributed by atoms with Crippen molar-refractivity contribution >= 4 is 12.1 Å². The predicted molar refractivity (Wildman–Crippen MR) is 83.0 cm³/mol. The third kappa shape index (κ3) is 10.9. The molecule has 0 spiro atoms. The number of hydrogen-bond donors (Lipinski definition) is 1. The molecule has 1 unspecified atom stereocenters. The Morgan fingerprint density at radius 2 is 1.43 bits per heavy atom. The van der Waals surface area contributed by atoms with Crippen molar-refractivity contribution in [1.29, 1.82) is 0 Å². The van der Waals surface area contributed by atoms with Crippen LogP contribution in [0, 0.1) is 5.92 Å². The Morgan fingerprint density at radius 3 is 1.81 bits per heavy atom. The van der Waals surface area contributed by atoms with Crippen LogP contribution in [0.25, 0.3) is 0 Å². The molecule has 0 aromatic heterocycles. The summed E-state index contributed by atoms with van der Waals surface area (Å²) in [5, 5.41) is 2.74. The Hall–Kier alpha value is -1.52. The molecule has 0 aliphatic rings. The highest BCUT2D eigenvalue weighted by atomic mass is 16.6. The molecule has 0 radical (unpaired) electrons. The summed E-state index contributed by atoms with van der Waals surface area (Å²) in [4.78, 5) is 23.4. The van der Waals surface area contributed by atoms with Crippen molar-refractivity contribution in [3.8, 4) is 0 Å². The Bertz CT molecular complexity index is 386. The summed E-state index contributed by atoms with van der Waals surface area (Å²) >= 11 is 0. The zero-order chi connectivity index (χ0) is 16.8. The Kier molecular flexibility index (Phi) is 6.94. The molecule has 0 heterocycles. The van der Waals surface area contributed by atoms with E-state index in [4.69, 9.17) is 9.47 Å². The molecular formula is C16H29NO4. The van der Waals surface area contributed by atoms with Crippen LogP contribution in [0.5, 0.6) is 0 Å². The van der Waals surface area contributed by atoms with Gasteiger partial charge in [-0.2, -0.15) is 0 Å². The molecule has 0 fully saturated rings. The minimum atomic E-state index is -0.555. The molecule has 1 amide bonds. The Labute approximate surface area is 128 Å². The number of carbonyl (C=O) groups excluding carboxylic acids is 2. The molecule has 21 heavy (non-hydrogen) atoms. The van der Waals surface area contributed by atoms with E-state index < -0.39 is 23.3 Å². The number of hydrogen-bond acceptors (Lipinski definition) is 4. The van der Waals surface area contributed by atoms with Gasteiger partial charge in [-0.1, -0.05) is 19.9 Å². The molecule has 1 N–H and O–H groups in total. The molecule has 1 atom stereocenters. The van der Waals surface area contributed by atoms with Gasteiger partial charge in [0.25, 0.3) is 0 Å². The van der Waals surface area contributed by atoms with Gasteiger partial charge in [-0.3, -0.25) is 0 Å². The number of nitrogens with one attached hydrogen (secondary N) is 1. The number of rotatable bonds is 4. The third-order valence-corrected chi connectivity index (χ3v) is 2.25. The van der Waals surface area contributed by atoms with E-state index in [1.807, 2.05) is 13.8 Å². The molecular weight excluding hydrogens is 270 g/mol. The molecule has 0 aliphatic heterocycles. The van der Waals surface area contributed by atoms with Gasteiger partial charge in [-0.15, -0.1) is 0 Å². The van der Waals surface area contributed by atoms with Crippen LogP contribution in [0.3, 0.4) is 0 Å². The lowest BCUT2D eigenvalue weighted by atomic mass is 10.0. The first-order valence-electron chi connectivity index (χ1n) is 7.21. The van der Waals surface area contributed by atoms with E-state index in [1.165, 1.54) is 6.08 Å². The first kappa shape index (κ1) is 19.5. The van der Waals surface area contributed by atoms with E-state index in [9.17, 15) is 9.59 Å². The Balaban J connectivity index is 4.64. The van der Waals surface area contributed by atoms with E-state index >= 15 is 0 Å². The zero-order valence-corrected chi connectivity index (χ0v) is 14.4. The summed E-state index contributed by atoms with van der Waals surface area (Å²) < 4.78 is 10.4. The summed E-state index contributed by atoms with van der Waals surface area (Å²) in [5.74, 6) is -0.310. The Morgan fingerprint density at radius 1 is 0.952 bits per heavy atom. The van der Waals surface area contributed by atoms with Gasteiger partial charge < -0.3 is 14.8 Å². The van der Waals surface area contributed by atoms with E-state index in [2.05, 4.69) is 5.32 Å².